The highest BCUT2D eigenvalue weighted by atomic mass is 16.6. The zero-order valence-corrected chi connectivity index (χ0v) is 11.4. The summed E-state index contributed by atoms with van der Waals surface area (Å²) in [7, 11) is 0. The summed E-state index contributed by atoms with van der Waals surface area (Å²) in [6, 6.07) is 0. The number of hydrogen-bond donors (Lipinski definition) is 1. The Balaban J connectivity index is 2.15. The van der Waals surface area contributed by atoms with Crippen molar-refractivity contribution in [3.63, 3.8) is 0 Å². The van der Waals surface area contributed by atoms with Crippen LogP contribution in [0.25, 0.3) is 0 Å². The molecule has 2 aliphatic rings. The summed E-state index contributed by atoms with van der Waals surface area (Å²) >= 11 is 0. The molecule has 1 N–H and O–H groups in total. The first kappa shape index (κ1) is 13.4. The van der Waals surface area contributed by atoms with E-state index in [1.807, 2.05) is 26.8 Å². The number of nitrogens with one attached hydrogen (secondary N) is 1. The molecule has 0 saturated carbocycles. The third-order valence-electron chi connectivity index (χ3n) is 3.08. The van der Waals surface area contributed by atoms with Crippen LogP contribution in [-0.2, 0) is 9.47 Å². The molecule has 1 unspecified atom stereocenters. The minimum absolute atomic E-state index is 0.265. The highest BCUT2D eigenvalue weighted by molar-refractivity contribution is 5.70. The van der Waals surface area contributed by atoms with Crippen LogP contribution in [0.1, 0.15) is 20.8 Å². The van der Waals surface area contributed by atoms with E-state index in [1.54, 1.807) is 4.90 Å². The van der Waals surface area contributed by atoms with Crippen LogP contribution in [0.15, 0.2) is 12.2 Å². The van der Waals surface area contributed by atoms with Crippen molar-refractivity contribution in [1.29, 1.82) is 0 Å². The highest BCUT2D eigenvalue weighted by Gasteiger charge is 2.42. The van der Waals surface area contributed by atoms with Gasteiger partial charge in [-0.3, -0.25) is 4.90 Å². The van der Waals surface area contributed by atoms with Crippen molar-refractivity contribution in [2.45, 2.75) is 31.9 Å². The predicted octanol–water partition coefficient (Wildman–Crippen LogP) is 1.15. The Morgan fingerprint density at radius 1 is 1.50 bits per heavy atom. The lowest BCUT2D eigenvalue weighted by Crippen LogP contribution is -2.64. The second-order valence-corrected chi connectivity index (χ2v) is 5.82. The van der Waals surface area contributed by atoms with Crippen molar-refractivity contribution in [2.24, 2.45) is 0 Å². The van der Waals surface area contributed by atoms with E-state index >= 15 is 0 Å². The Bertz CT molecular complexity index is 349. The lowest BCUT2D eigenvalue weighted by molar-refractivity contribution is -0.0578. The number of ether oxygens (including phenoxy) is 2. The molecule has 0 aromatic heterocycles. The maximum absolute atomic E-state index is 12.3. The number of rotatable bonds is 0. The maximum atomic E-state index is 12.3. The molecule has 5 nitrogen and oxygen atoms in total. The van der Waals surface area contributed by atoms with Crippen molar-refractivity contribution in [1.82, 2.24) is 10.2 Å². The fourth-order valence-electron chi connectivity index (χ4n) is 2.29. The SMILES string of the molecule is CC(C)(C)OC(=O)N1CCOCC12C=CCNC2. The van der Waals surface area contributed by atoms with E-state index in [0.717, 1.165) is 6.54 Å². The van der Waals surface area contributed by atoms with Crippen LogP contribution in [0.2, 0.25) is 0 Å². The van der Waals surface area contributed by atoms with Gasteiger partial charge in [0.2, 0.25) is 0 Å². The van der Waals surface area contributed by atoms with E-state index in [4.69, 9.17) is 9.47 Å². The van der Waals surface area contributed by atoms with Gasteiger partial charge in [-0.1, -0.05) is 12.2 Å². The van der Waals surface area contributed by atoms with E-state index in [1.165, 1.54) is 0 Å². The van der Waals surface area contributed by atoms with Crippen LogP contribution >= 0.6 is 0 Å². The summed E-state index contributed by atoms with van der Waals surface area (Å²) in [6.45, 7) is 8.85. The molecule has 0 aliphatic carbocycles. The molecule has 0 aromatic rings. The maximum Gasteiger partial charge on any atom is 0.411 e. The molecule has 1 fully saturated rings. The summed E-state index contributed by atoms with van der Waals surface area (Å²) in [4.78, 5) is 14.1. The molecule has 2 heterocycles. The predicted molar refractivity (Wildman–Crippen MR) is 68.5 cm³/mol. The quantitative estimate of drug-likeness (QED) is 0.659. The first-order valence-corrected chi connectivity index (χ1v) is 6.40. The first-order chi connectivity index (χ1) is 8.43. The monoisotopic (exact) mass is 254 g/mol. The van der Waals surface area contributed by atoms with Crippen molar-refractivity contribution >= 4 is 6.09 Å². The molecule has 2 aliphatic heterocycles. The fourth-order valence-corrected chi connectivity index (χ4v) is 2.29. The molecule has 18 heavy (non-hydrogen) atoms. The molecule has 1 saturated heterocycles. The second kappa shape index (κ2) is 4.90. The van der Waals surface area contributed by atoms with Gasteiger partial charge >= 0.3 is 6.09 Å². The van der Waals surface area contributed by atoms with Crippen molar-refractivity contribution in [2.75, 3.05) is 32.8 Å². The van der Waals surface area contributed by atoms with Gasteiger partial charge < -0.3 is 14.8 Å². The van der Waals surface area contributed by atoms with Gasteiger partial charge in [-0.25, -0.2) is 4.79 Å². The van der Waals surface area contributed by atoms with Crippen LogP contribution in [0.4, 0.5) is 4.79 Å². The molecule has 1 spiro atoms. The molecule has 0 aromatic carbocycles. The van der Waals surface area contributed by atoms with E-state index in [9.17, 15) is 4.79 Å². The van der Waals surface area contributed by atoms with Gasteiger partial charge in [-0.15, -0.1) is 0 Å². The topological polar surface area (TPSA) is 50.8 Å². The molecule has 102 valence electrons. The highest BCUT2D eigenvalue weighted by Crippen LogP contribution is 2.25. The van der Waals surface area contributed by atoms with Gasteiger partial charge in [0.25, 0.3) is 0 Å². The molecule has 5 heteroatoms. The van der Waals surface area contributed by atoms with E-state index < -0.39 is 11.1 Å². The molecule has 1 amide bonds. The van der Waals surface area contributed by atoms with Gasteiger partial charge in [0.15, 0.2) is 0 Å². The Kier molecular flexibility index (Phi) is 3.64. The first-order valence-electron chi connectivity index (χ1n) is 6.40. The Hall–Kier alpha value is -1.07. The number of hydrogen-bond acceptors (Lipinski definition) is 4. The summed E-state index contributed by atoms with van der Waals surface area (Å²) in [6.07, 6.45) is 3.83. The fraction of sp³-hybridized carbons (Fsp3) is 0.769. The minimum Gasteiger partial charge on any atom is -0.444 e. The zero-order chi connectivity index (χ0) is 13.2. The van der Waals surface area contributed by atoms with Gasteiger partial charge in [0.1, 0.15) is 11.1 Å². The van der Waals surface area contributed by atoms with E-state index in [2.05, 4.69) is 11.4 Å². The Morgan fingerprint density at radius 3 is 2.89 bits per heavy atom. The molecule has 0 radical (unpaired) electrons. The number of carbonyl (C=O) groups is 1. The van der Waals surface area contributed by atoms with Crippen LogP contribution < -0.4 is 5.32 Å². The lowest BCUT2D eigenvalue weighted by atomic mass is 9.94. The summed E-state index contributed by atoms with van der Waals surface area (Å²) in [5, 5.41) is 3.28. The number of carbonyl (C=O) groups excluding carboxylic acids is 1. The molecule has 2 rings (SSSR count). The van der Waals surface area contributed by atoms with E-state index in [0.29, 0.717) is 26.3 Å². The minimum atomic E-state index is -0.470. The summed E-state index contributed by atoms with van der Waals surface area (Å²) < 4.78 is 11.0. The lowest BCUT2D eigenvalue weighted by Gasteiger charge is -2.46. The largest absolute Gasteiger partial charge is 0.444 e. The average Bonchev–Trinajstić information content (AvgIpc) is 2.28. The van der Waals surface area contributed by atoms with Crippen LogP contribution in [0.3, 0.4) is 0 Å². The number of amides is 1. The standard InChI is InChI=1S/C13H22N2O3/c1-12(2,3)18-11(16)15-7-8-17-10-13(15)5-4-6-14-9-13/h4-5,14H,6-10H2,1-3H3. The third kappa shape index (κ3) is 2.84. The smallest absolute Gasteiger partial charge is 0.411 e. The van der Waals surface area contributed by atoms with Gasteiger partial charge in [0.05, 0.1) is 13.2 Å². The normalized spacial score (nSPS) is 28.5. The Labute approximate surface area is 108 Å². The van der Waals surface area contributed by atoms with Gasteiger partial charge in [0, 0.05) is 19.6 Å². The van der Waals surface area contributed by atoms with Crippen LogP contribution in [-0.4, -0.2) is 55.0 Å². The average molecular weight is 254 g/mol. The molecule has 1 atom stereocenters. The Morgan fingerprint density at radius 2 is 2.28 bits per heavy atom. The summed E-state index contributed by atoms with van der Waals surface area (Å²) in [5.74, 6) is 0. The third-order valence-corrected chi connectivity index (χ3v) is 3.08. The van der Waals surface area contributed by atoms with Crippen LogP contribution in [0, 0.1) is 0 Å². The van der Waals surface area contributed by atoms with Crippen molar-refractivity contribution in [3.8, 4) is 0 Å². The molecular formula is C13H22N2O3. The number of morpholine rings is 1. The number of nitrogens with zero attached hydrogens (tertiary/aromatic N) is 1. The zero-order valence-electron chi connectivity index (χ0n) is 11.4. The van der Waals surface area contributed by atoms with Crippen LogP contribution in [0.5, 0.6) is 0 Å². The second-order valence-electron chi connectivity index (χ2n) is 5.82. The van der Waals surface area contributed by atoms with Gasteiger partial charge in [-0.2, -0.15) is 0 Å². The van der Waals surface area contributed by atoms with Gasteiger partial charge in [-0.05, 0) is 20.8 Å². The molecule has 0 bridgehead atoms. The van der Waals surface area contributed by atoms with Crippen molar-refractivity contribution < 1.29 is 14.3 Å². The molecular weight excluding hydrogens is 232 g/mol. The van der Waals surface area contributed by atoms with E-state index in [-0.39, 0.29) is 6.09 Å². The summed E-state index contributed by atoms with van der Waals surface area (Å²) in [5.41, 5.74) is -0.860. The van der Waals surface area contributed by atoms with Crippen molar-refractivity contribution in [3.05, 3.63) is 12.2 Å².